The van der Waals surface area contributed by atoms with E-state index < -0.39 is 0 Å². The summed E-state index contributed by atoms with van der Waals surface area (Å²) < 4.78 is 0. The van der Waals surface area contributed by atoms with Gasteiger partial charge in [-0.15, -0.1) is 11.3 Å². The number of nitrogens with zero attached hydrogens (tertiary/aromatic N) is 3. The van der Waals surface area contributed by atoms with Gasteiger partial charge in [0.1, 0.15) is 10.6 Å². The monoisotopic (exact) mass is 248 g/mol. The van der Waals surface area contributed by atoms with Crippen LogP contribution >= 0.6 is 11.3 Å². The highest BCUT2D eigenvalue weighted by Gasteiger charge is 2.24. The maximum absolute atomic E-state index is 5.78. The first kappa shape index (κ1) is 10.8. The molecule has 0 spiro atoms. The highest BCUT2D eigenvalue weighted by Crippen LogP contribution is 2.34. The molecule has 2 aromatic rings. The number of rotatable bonds is 3. The Morgan fingerprint density at radius 2 is 2.24 bits per heavy atom. The maximum atomic E-state index is 5.78. The van der Waals surface area contributed by atoms with Crippen LogP contribution in [0.3, 0.4) is 0 Å². The molecule has 1 fully saturated rings. The van der Waals surface area contributed by atoms with E-state index in [1.807, 2.05) is 0 Å². The van der Waals surface area contributed by atoms with Crippen molar-refractivity contribution in [2.24, 2.45) is 5.92 Å². The summed E-state index contributed by atoms with van der Waals surface area (Å²) in [5.41, 5.74) is 5.78. The van der Waals surface area contributed by atoms with E-state index in [1.165, 1.54) is 17.7 Å². The first-order chi connectivity index (χ1) is 8.13. The highest BCUT2D eigenvalue weighted by atomic mass is 32.1. The number of nitrogens with two attached hydrogens (primary N) is 1. The number of thiophene rings is 1. The maximum Gasteiger partial charge on any atom is 0.223 e. The standard InChI is InChI=1S/C12H16N4S/c1-7-5-9-10(16(2)6-8-3-4-8)14-12(13)15-11(9)17-7/h5,8H,3-4,6H2,1-2H3,(H2,13,14,15). The van der Waals surface area contributed by atoms with Crippen LogP contribution in [0.2, 0.25) is 0 Å². The van der Waals surface area contributed by atoms with Gasteiger partial charge < -0.3 is 10.6 Å². The molecule has 2 aromatic heterocycles. The first-order valence-electron chi connectivity index (χ1n) is 5.88. The molecule has 1 aliphatic carbocycles. The normalized spacial score (nSPS) is 15.4. The molecule has 2 heterocycles. The molecule has 4 nitrogen and oxygen atoms in total. The minimum Gasteiger partial charge on any atom is -0.368 e. The smallest absolute Gasteiger partial charge is 0.223 e. The van der Waals surface area contributed by atoms with Crippen LogP contribution in [0.1, 0.15) is 17.7 Å². The molecule has 0 bridgehead atoms. The van der Waals surface area contributed by atoms with Crippen molar-refractivity contribution in [2.75, 3.05) is 24.2 Å². The molecule has 0 aliphatic heterocycles. The second kappa shape index (κ2) is 3.84. The fourth-order valence-electron chi connectivity index (χ4n) is 2.11. The molecule has 0 radical (unpaired) electrons. The van der Waals surface area contributed by atoms with Crippen LogP contribution in [-0.4, -0.2) is 23.6 Å². The number of aromatic nitrogens is 2. The highest BCUT2D eigenvalue weighted by molar-refractivity contribution is 7.18. The lowest BCUT2D eigenvalue weighted by atomic mass is 10.3. The van der Waals surface area contributed by atoms with Gasteiger partial charge in [0, 0.05) is 18.5 Å². The Labute approximate surface area is 104 Å². The summed E-state index contributed by atoms with van der Waals surface area (Å²) in [6.45, 7) is 3.16. The van der Waals surface area contributed by atoms with Gasteiger partial charge >= 0.3 is 0 Å². The van der Waals surface area contributed by atoms with Crippen molar-refractivity contribution in [2.45, 2.75) is 19.8 Å². The second-order valence-electron chi connectivity index (χ2n) is 4.81. The lowest BCUT2D eigenvalue weighted by molar-refractivity contribution is 0.780. The van der Waals surface area contributed by atoms with Gasteiger partial charge in [0.05, 0.1) is 5.39 Å². The number of hydrogen-bond acceptors (Lipinski definition) is 5. The third-order valence-corrected chi connectivity index (χ3v) is 4.05. The van der Waals surface area contributed by atoms with Crippen LogP contribution in [0.25, 0.3) is 10.2 Å². The zero-order valence-electron chi connectivity index (χ0n) is 10.1. The van der Waals surface area contributed by atoms with E-state index >= 15 is 0 Å². The molecule has 0 saturated heterocycles. The Morgan fingerprint density at radius 1 is 1.47 bits per heavy atom. The molecule has 1 saturated carbocycles. The van der Waals surface area contributed by atoms with Gasteiger partial charge in [0.15, 0.2) is 0 Å². The predicted molar refractivity (Wildman–Crippen MR) is 72.6 cm³/mol. The average Bonchev–Trinajstić information content (AvgIpc) is 2.98. The van der Waals surface area contributed by atoms with Gasteiger partial charge in [-0.05, 0) is 31.7 Å². The van der Waals surface area contributed by atoms with Gasteiger partial charge in [0.25, 0.3) is 0 Å². The third-order valence-electron chi connectivity index (χ3n) is 3.10. The second-order valence-corrected chi connectivity index (χ2v) is 6.04. The lowest BCUT2D eigenvalue weighted by Crippen LogP contribution is -2.21. The Balaban J connectivity index is 2.05. The Kier molecular flexibility index (Phi) is 2.43. The third kappa shape index (κ3) is 2.07. The van der Waals surface area contributed by atoms with Crippen LogP contribution in [0, 0.1) is 12.8 Å². The van der Waals surface area contributed by atoms with E-state index in [0.29, 0.717) is 5.95 Å². The van der Waals surface area contributed by atoms with E-state index in [1.54, 1.807) is 11.3 Å². The summed E-state index contributed by atoms with van der Waals surface area (Å²) in [6, 6.07) is 2.15. The van der Waals surface area contributed by atoms with E-state index in [-0.39, 0.29) is 0 Å². The van der Waals surface area contributed by atoms with Crippen LogP contribution in [-0.2, 0) is 0 Å². The van der Waals surface area contributed by atoms with Crippen LogP contribution in [0.4, 0.5) is 11.8 Å². The van der Waals surface area contributed by atoms with E-state index in [0.717, 1.165) is 28.5 Å². The van der Waals surface area contributed by atoms with Gasteiger partial charge in [-0.3, -0.25) is 0 Å². The molecule has 0 unspecified atom stereocenters. The van der Waals surface area contributed by atoms with Crippen molar-refractivity contribution >= 4 is 33.3 Å². The molecule has 1 aliphatic rings. The Hall–Kier alpha value is -1.36. The van der Waals surface area contributed by atoms with Crippen molar-refractivity contribution in [1.82, 2.24) is 9.97 Å². The molecule has 5 heteroatoms. The average molecular weight is 248 g/mol. The van der Waals surface area contributed by atoms with Crippen molar-refractivity contribution in [3.63, 3.8) is 0 Å². The zero-order chi connectivity index (χ0) is 12.0. The van der Waals surface area contributed by atoms with Crippen LogP contribution < -0.4 is 10.6 Å². The number of fused-ring (bicyclic) bond motifs is 1. The predicted octanol–water partition coefficient (Wildman–Crippen LogP) is 2.43. The summed E-state index contributed by atoms with van der Waals surface area (Å²) in [5, 5.41) is 1.13. The molecule has 17 heavy (non-hydrogen) atoms. The molecule has 90 valence electrons. The molecule has 3 rings (SSSR count). The molecule has 0 amide bonds. The van der Waals surface area contributed by atoms with E-state index in [2.05, 4.69) is 34.9 Å². The largest absolute Gasteiger partial charge is 0.368 e. The first-order valence-corrected chi connectivity index (χ1v) is 6.70. The van der Waals surface area contributed by atoms with Crippen molar-refractivity contribution in [1.29, 1.82) is 0 Å². The van der Waals surface area contributed by atoms with E-state index in [9.17, 15) is 0 Å². The van der Waals surface area contributed by atoms with Crippen molar-refractivity contribution in [3.05, 3.63) is 10.9 Å². The van der Waals surface area contributed by atoms with Gasteiger partial charge in [-0.2, -0.15) is 4.98 Å². The zero-order valence-corrected chi connectivity index (χ0v) is 10.9. The molecular formula is C12H16N4S. The van der Waals surface area contributed by atoms with Crippen molar-refractivity contribution < 1.29 is 0 Å². The Morgan fingerprint density at radius 3 is 2.94 bits per heavy atom. The summed E-state index contributed by atoms with van der Waals surface area (Å²) in [6.07, 6.45) is 2.69. The molecular weight excluding hydrogens is 232 g/mol. The fourth-order valence-corrected chi connectivity index (χ4v) is 2.99. The number of aryl methyl sites for hydroxylation is 1. The lowest BCUT2D eigenvalue weighted by Gasteiger charge is -2.18. The molecule has 0 atom stereocenters. The minimum atomic E-state index is 0.372. The number of hydrogen-bond donors (Lipinski definition) is 1. The van der Waals surface area contributed by atoms with Gasteiger partial charge in [0.2, 0.25) is 5.95 Å². The fraction of sp³-hybridized carbons (Fsp3) is 0.500. The van der Waals surface area contributed by atoms with Gasteiger partial charge in [-0.1, -0.05) is 0 Å². The topological polar surface area (TPSA) is 55.0 Å². The van der Waals surface area contributed by atoms with E-state index in [4.69, 9.17) is 5.73 Å². The summed E-state index contributed by atoms with van der Waals surface area (Å²) in [5.74, 6) is 2.19. The Bertz CT molecular complexity index is 559. The molecule has 0 aromatic carbocycles. The van der Waals surface area contributed by atoms with Crippen LogP contribution in [0.15, 0.2) is 6.07 Å². The summed E-state index contributed by atoms with van der Waals surface area (Å²) in [7, 11) is 2.09. The van der Waals surface area contributed by atoms with Gasteiger partial charge in [-0.25, -0.2) is 4.98 Å². The summed E-state index contributed by atoms with van der Waals surface area (Å²) >= 11 is 1.67. The number of nitrogen functional groups attached to an aromatic ring is 1. The SMILES string of the molecule is Cc1cc2c(N(C)CC3CC3)nc(N)nc2s1. The quantitative estimate of drug-likeness (QED) is 0.906. The number of anilines is 2. The minimum absolute atomic E-state index is 0.372. The molecule has 2 N–H and O–H groups in total. The van der Waals surface area contributed by atoms with Crippen molar-refractivity contribution in [3.8, 4) is 0 Å². The summed E-state index contributed by atoms with van der Waals surface area (Å²) in [4.78, 5) is 13.1. The van der Waals surface area contributed by atoms with Crippen LogP contribution in [0.5, 0.6) is 0 Å².